The fraction of sp³-hybridized carbons (Fsp3) is 0.324. The number of methoxy groups -OCH3 is 1. The van der Waals surface area contributed by atoms with Gasteiger partial charge in [-0.2, -0.15) is 0 Å². The summed E-state index contributed by atoms with van der Waals surface area (Å²) in [4.78, 5) is 19.2. The van der Waals surface area contributed by atoms with Crippen molar-refractivity contribution >= 4 is 23.3 Å². The molecule has 1 fully saturated rings. The third-order valence-electron chi connectivity index (χ3n) is 8.30. The van der Waals surface area contributed by atoms with Crippen molar-refractivity contribution in [3.8, 4) is 17.0 Å². The van der Waals surface area contributed by atoms with Gasteiger partial charge in [-0.25, -0.2) is 15.0 Å². The summed E-state index contributed by atoms with van der Waals surface area (Å²) < 4.78 is 5.29. The molecule has 1 aliphatic heterocycles. The maximum absolute atomic E-state index is 6.19. The van der Waals surface area contributed by atoms with E-state index in [1.807, 2.05) is 42.6 Å². The third-order valence-corrected chi connectivity index (χ3v) is 8.30. The van der Waals surface area contributed by atoms with E-state index >= 15 is 0 Å². The Bertz CT molecular complexity index is 1560. The zero-order valence-electron chi connectivity index (χ0n) is 25.0. The van der Waals surface area contributed by atoms with Crippen molar-refractivity contribution in [2.24, 2.45) is 10.7 Å². The van der Waals surface area contributed by atoms with E-state index in [1.54, 1.807) is 7.11 Å². The van der Waals surface area contributed by atoms with Gasteiger partial charge in [0.2, 0.25) is 5.95 Å². The average Bonchev–Trinajstić information content (AvgIpc) is 3.04. The topological polar surface area (TPSA) is 104 Å². The number of rotatable bonds is 9. The smallest absolute Gasteiger partial charge is 0.223 e. The first-order chi connectivity index (χ1) is 21.1. The predicted molar refractivity (Wildman–Crippen MR) is 174 cm³/mol. The summed E-state index contributed by atoms with van der Waals surface area (Å²) in [6, 6.07) is 24.5. The van der Waals surface area contributed by atoms with Crippen LogP contribution < -0.4 is 21.1 Å². The predicted octanol–water partition coefficient (Wildman–Crippen LogP) is 4.95. The molecule has 222 valence electrons. The molecule has 4 N–H and O–H groups in total. The Morgan fingerprint density at radius 2 is 1.84 bits per heavy atom. The summed E-state index contributed by atoms with van der Waals surface area (Å²) >= 11 is 0. The van der Waals surface area contributed by atoms with Gasteiger partial charge in [0.15, 0.2) is 5.96 Å². The van der Waals surface area contributed by atoms with Crippen LogP contribution in [0.2, 0.25) is 0 Å². The number of aliphatic imine (C=N–C) groups is 1. The number of piperazine rings is 1. The number of nitrogens with zero attached hydrogens (tertiary/aromatic N) is 5. The Hall–Kier alpha value is -4.47. The van der Waals surface area contributed by atoms with Crippen LogP contribution in [0.4, 0.5) is 17.3 Å². The fourth-order valence-corrected chi connectivity index (χ4v) is 5.89. The second-order valence-electron chi connectivity index (χ2n) is 11.3. The summed E-state index contributed by atoms with van der Waals surface area (Å²) in [6.07, 6.45) is 3.92. The van der Waals surface area contributed by atoms with Crippen LogP contribution in [0.15, 0.2) is 84.0 Å². The van der Waals surface area contributed by atoms with Gasteiger partial charge in [-0.3, -0.25) is 0 Å². The van der Waals surface area contributed by atoms with Crippen molar-refractivity contribution in [1.82, 2.24) is 19.8 Å². The Kier molecular flexibility index (Phi) is 8.81. The van der Waals surface area contributed by atoms with Gasteiger partial charge in [0, 0.05) is 62.2 Å². The molecule has 0 radical (unpaired) electrons. The van der Waals surface area contributed by atoms with Crippen molar-refractivity contribution in [2.75, 3.05) is 64.1 Å². The van der Waals surface area contributed by atoms with Gasteiger partial charge in [-0.05, 0) is 67.4 Å². The summed E-state index contributed by atoms with van der Waals surface area (Å²) in [5.74, 6) is 1.98. The van der Waals surface area contributed by atoms with Crippen LogP contribution in [0.3, 0.4) is 0 Å². The normalized spacial score (nSPS) is 17.2. The summed E-state index contributed by atoms with van der Waals surface area (Å²) in [7, 11) is 3.83. The van der Waals surface area contributed by atoms with E-state index in [0.29, 0.717) is 11.9 Å². The van der Waals surface area contributed by atoms with Crippen LogP contribution in [0.25, 0.3) is 11.3 Å². The molecule has 9 nitrogen and oxygen atoms in total. The van der Waals surface area contributed by atoms with Crippen molar-refractivity contribution in [3.05, 3.63) is 95.7 Å². The molecule has 1 saturated heterocycles. The number of hydrogen-bond acceptors (Lipinski definition) is 7. The van der Waals surface area contributed by atoms with Gasteiger partial charge < -0.3 is 30.9 Å². The summed E-state index contributed by atoms with van der Waals surface area (Å²) in [5.41, 5.74) is 13.7. The third kappa shape index (κ3) is 6.96. The SMILES string of the molecule is COc1cccc(NC(N)=Nc2ccc(C3Cc4cnc(NCCCN5CCN(C)CC5)nc4-c4ccccc43)cc2)c1. The molecular weight excluding hydrogens is 536 g/mol. The lowest BCUT2D eigenvalue weighted by Crippen LogP contribution is -2.44. The number of guanidine groups is 1. The molecule has 6 rings (SSSR count). The Balaban J connectivity index is 1.12. The number of likely N-dealkylation sites (N-methyl/N-ethyl adjacent to an activating group) is 1. The number of anilines is 2. The molecule has 0 saturated carbocycles. The highest BCUT2D eigenvalue weighted by molar-refractivity contribution is 5.94. The lowest BCUT2D eigenvalue weighted by Gasteiger charge is -2.32. The monoisotopic (exact) mass is 576 g/mol. The van der Waals surface area contributed by atoms with E-state index in [4.69, 9.17) is 20.4 Å². The van der Waals surface area contributed by atoms with E-state index in [0.717, 1.165) is 74.9 Å². The van der Waals surface area contributed by atoms with Gasteiger partial charge >= 0.3 is 0 Å². The highest BCUT2D eigenvalue weighted by Crippen LogP contribution is 2.42. The maximum Gasteiger partial charge on any atom is 0.223 e. The van der Waals surface area contributed by atoms with E-state index in [-0.39, 0.29) is 5.92 Å². The van der Waals surface area contributed by atoms with Gasteiger partial charge in [0.05, 0.1) is 18.5 Å². The minimum absolute atomic E-state index is 0.208. The number of nitrogens with two attached hydrogens (primary N) is 1. The molecule has 9 heteroatoms. The highest BCUT2D eigenvalue weighted by atomic mass is 16.5. The van der Waals surface area contributed by atoms with Crippen molar-refractivity contribution in [3.63, 3.8) is 0 Å². The largest absolute Gasteiger partial charge is 0.497 e. The highest BCUT2D eigenvalue weighted by Gasteiger charge is 2.27. The minimum Gasteiger partial charge on any atom is -0.497 e. The number of ether oxygens (including phenoxy) is 1. The second kappa shape index (κ2) is 13.2. The number of nitrogens with one attached hydrogen (secondary N) is 2. The van der Waals surface area contributed by atoms with Gasteiger partial charge in [-0.1, -0.05) is 42.5 Å². The molecule has 0 bridgehead atoms. The van der Waals surface area contributed by atoms with Crippen LogP contribution in [-0.4, -0.2) is 79.2 Å². The van der Waals surface area contributed by atoms with E-state index in [9.17, 15) is 0 Å². The first kappa shape index (κ1) is 28.6. The Labute approximate surface area is 253 Å². The van der Waals surface area contributed by atoms with Gasteiger partial charge in [0.1, 0.15) is 5.75 Å². The summed E-state index contributed by atoms with van der Waals surface area (Å²) in [5, 5.41) is 6.60. The summed E-state index contributed by atoms with van der Waals surface area (Å²) in [6.45, 7) is 6.56. The maximum atomic E-state index is 6.19. The molecule has 2 aliphatic rings. The van der Waals surface area contributed by atoms with E-state index < -0.39 is 0 Å². The first-order valence-corrected chi connectivity index (χ1v) is 15.0. The molecule has 43 heavy (non-hydrogen) atoms. The zero-order chi connectivity index (χ0) is 29.6. The molecule has 4 aromatic rings. The van der Waals surface area contributed by atoms with Crippen molar-refractivity contribution in [2.45, 2.75) is 18.8 Å². The fourth-order valence-electron chi connectivity index (χ4n) is 5.89. The molecule has 0 spiro atoms. The average molecular weight is 577 g/mol. The minimum atomic E-state index is 0.208. The first-order valence-electron chi connectivity index (χ1n) is 15.0. The van der Waals surface area contributed by atoms with Crippen LogP contribution in [0.1, 0.15) is 29.0 Å². The van der Waals surface area contributed by atoms with Crippen molar-refractivity contribution in [1.29, 1.82) is 0 Å². The number of fused-ring (bicyclic) bond motifs is 3. The molecule has 3 aromatic carbocycles. The van der Waals surface area contributed by atoms with Gasteiger partial charge in [0.25, 0.3) is 0 Å². The molecule has 1 aliphatic carbocycles. The van der Waals surface area contributed by atoms with Crippen LogP contribution in [-0.2, 0) is 6.42 Å². The van der Waals surface area contributed by atoms with E-state index in [2.05, 4.69) is 68.9 Å². The van der Waals surface area contributed by atoms with Crippen molar-refractivity contribution < 1.29 is 4.74 Å². The zero-order valence-corrected chi connectivity index (χ0v) is 25.0. The van der Waals surface area contributed by atoms with Gasteiger partial charge in [-0.15, -0.1) is 0 Å². The van der Waals surface area contributed by atoms with Crippen LogP contribution >= 0.6 is 0 Å². The molecule has 1 aromatic heterocycles. The Morgan fingerprint density at radius 3 is 2.65 bits per heavy atom. The number of hydrogen-bond donors (Lipinski definition) is 3. The molecule has 2 heterocycles. The lowest BCUT2D eigenvalue weighted by atomic mass is 9.78. The molecule has 0 amide bonds. The lowest BCUT2D eigenvalue weighted by molar-refractivity contribution is 0.154. The van der Waals surface area contributed by atoms with E-state index in [1.165, 1.54) is 22.3 Å². The molecule has 1 unspecified atom stereocenters. The molecule has 1 atom stereocenters. The Morgan fingerprint density at radius 1 is 1.02 bits per heavy atom. The van der Waals surface area contributed by atoms with Crippen LogP contribution in [0.5, 0.6) is 5.75 Å². The molecular formula is C34H40N8O. The quantitative estimate of drug-likeness (QED) is 0.146. The van der Waals surface area contributed by atoms with Crippen LogP contribution in [0, 0.1) is 0 Å². The number of benzene rings is 3. The second-order valence-corrected chi connectivity index (χ2v) is 11.3. The number of aromatic nitrogens is 2. The standard InChI is InChI=1S/C34H40N8O/c1-41-17-19-42(20-18-41)16-6-15-36-34-37-23-25-21-31(29-9-3-4-10-30(29)32(25)40-34)24-11-13-26(14-12-24)38-33(35)39-27-7-5-8-28(22-27)43-2/h3-5,7-14,22-23,31H,6,15-21H2,1-2H3,(H3,35,38,39)(H,36,37,40).